The number of nitrogens with one attached hydrogen (secondary N) is 1. The quantitative estimate of drug-likeness (QED) is 0.846. The first-order valence-electron chi connectivity index (χ1n) is 4.97. The van der Waals surface area contributed by atoms with Gasteiger partial charge in [0.25, 0.3) is 0 Å². The van der Waals surface area contributed by atoms with Crippen LogP contribution < -0.4 is 0 Å². The number of aliphatic hydroxyl groups excluding tert-OH is 1. The Labute approximate surface area is 97.3 Å². The third-order valence-electron chi connectivity index (χ3n) is 2.09. The van der Waals surface area contributed by atoms with Gasteiger partial charge in [0.05, 0.1) is 11.8 Å². The molecule has 16 heavy (non-hydrogen) atoms. The molecular formula is C10H12N4OS. The number of rotatable bonds is 4. The maximum Gasteiger partial charge on any atom is 0.188 e. The van der Waals surface area contributed by atoms with Gasteiger partial charge in [0, 0.05) is 11.1 Å². The van der Waals surface area contributed by atoms with E-state index in [1.54, 1.807) is 6.20 Å². The van der Waals surface area contributed by atoms with Gasteiger partial charge in [-0.1, -0.05) is 6.92 Å². The summed E-state index contributed by atoms with van der Waals surface area (Å²) in [6, 6.07) is 3.74. The van der Waals surface area contributed by atoms with Crippen molar-refractivity contribution >= 4 is 11.8 Å². The monoisotopic (exact) mass is 236 g/mol. The SMILES string of the molecule is CC[C@@H](O)c1ccc(Sc2ncn[nH]2)cn1. The lowest BCUT2D eigenvalue weighted by molar-refractivity contribution is 0.169. The Hall–Kier alpha value is -1.40. The van der Waals surface area contributed by atoms with E-state index in [-0.39, 0.29) is 0 Å². The molecule has 84 valence electrons. The highest BCUT2D eigenvalue weighted by Crippen LogP contribution is 2.24. The normalized spacial score (nSPS) is 12.6. The molecule has 0 saturated carbocycles. The molecule has 2 aromatic rings. The molecule has 0 unspecified atom stereocenters. The molecule has 6 heteroatoms. The first-order chi connectivity index (χ1) is 7.79. The van der Waals surface area contributed by atoms with Gasteiger partial charge in [-0.2, -0.15) is 5.10 Å². The van der Waals surface area contributed by atoms with Crippen LogP contribution in [0.5, 0.6) is 0 Å². The van der Waals surface area contributed by atoms with E-state index in [0.717, 1.165) is 10.1 Å². The molecule has 2 heterocycles. The van der Waals surface area contributed by atoms with Crippen LogP contribution in [0.25, 0.3) is 0 Å². The zero-order chi connectivity index (χ0) is 11.4. The third-order valence-corrected chi connectivity index (χ3v) is 2.96. The smallest absolute Gasteiger partial charge is 0.188 e. The molecule has 0 aliphatic carbocycles. The van der Waals surface area contributed by atoms with Crippen LogP contribution in [0.3, 0.4) is 0 Å². The predicted molar refractivity (Wildman–Crippen MR) is 60.0 cm³/mol. The van der Waals surface area contributed by atoms with Gasteiger partial charge in [-0.15, -0.1) is 0 Å². The number of aliphatic hydroxyl groups is 1. The van der Waals surface area contributed by atoms with Crippen LogP contribution in [0.15, 0.2) is 34.7 Å². The Kier molecular flexibility index (Phi) is 3.53. The molecule has 0 aliphatic heterocycles. The van der Waals surface area contributed by atoms with Crippen molar-refractivity contribution in [2.75, 3.05) is 0 Å². The van der Waals surface area contributed by atoms with Crippen molar-refractivity contribution in [1.29, 1.82) is 0 Å². The summed E-state index contributed by atoms with van der Waals surface area (Å²) >= 11 is 1.45. The summed E-state index contributed by atoms with van der Waals surface area (Å²) in [5, 5.41) is 16.8. The first-order valence-corrected chi connectivity index (χ1v) is 5.78. The van der Waals surface area contributed by atoms with Crippen molar-refractivity contribution in [3.05, 3.63) is 30.4 Å². The van der Waals surface area contributed by atoms with Crippen LogP contribution in [-0.2, 0) is 0 Å². The number of pyridine rings is 1. The van der Waals surface area contributed by atoms with Gasteiger partial charge in [0.2, 0.25) is 0 Å². The highest BCUT2D eigenvalue weighted by atomic mass is 32.2. The van der Waals surface area contributed by atoms with Gasteiger partial charge in [-0.05, 0) is 30.3 Å². The molecule has 1 atom stereocenters. The standard InChI is InChI=1S/C10H12N4OS/c1-2-9(15)8-4-3-7(5-11-8)16-10-12-6-13-14-10/h3-6,9,15H,2H2,1H3,(H,12,13,14)/t9-/m1/s1. The molecule has 2 N–H and O–H groups in total. The van der Waals surface area contributed by atoms with Crippen molar-refractivity contribution in [2.45, 2.75) is 29.5 Å². The van der Waals surface area contributed by atoms with Crippen LogP contribution >= 0.6 is 11.8 Å². The van der Waals surface area contributed by atoms with Crippen LogP contribution in [-0.4, -0.2) is 25.3 Å². The molecule has 0 aliphatic rings. The molecule has 0 aromatic carbocycles. The molecule has 0 radical (unpaired) electrons. The van der Waals surface area contributed by atoms with Crippen LogP contribution in [0.1, 0.15) is 25.1 Å². The minimum absolute atomic E-state index is 0.482. The van der Waals surface area contributed by atoms with Gasteiger partial charge in [0.15, 0.2) is 5.16 Å². The molecule has 0 fully saturated rings. The van der Waals surface area contributed by atoms with Gasteiger partial charge >= 0.3 is 0 Å². The Balaban J connectivity index is 2.07. The molecule has 2 rings (SSSR count). The van der Waals surface area contributed by atoms with Gasteiger partial charge in [-0.25, -0.2) is 4.98 Å². The number of hydrogen-bond donors (Lipinski definition) is 2. The number of hydrogen-bond acceptors (Lipinski definition) is 5. The maximum atomic E-state index is 9.58. The topological polar surface area (TPSA) is 74.7 Å². The van der Waals surface area contributed by atoms with Crippen molar-refractivity contribution < 1.29 is 5.11 Å². The van der Waals surface area contributed by atoms with E-state index in [1.165, 1.54) is 18.1 Å². The van der Waals surface area contributed by atoms with Gasteiger partial charge in [-0.3, -0.25) is 10.1 Å². The zero-order valence-electron chi connectivity index (χ0n) is 8.79. The van der Waals surface area contributed by atoms with E-state index < -0.39 is 6.10 Å². The average molecular weight is 236 g/mol. The second-order valence-corrected chi connectivity index (χ2v) is 4.30. The number of aromatic nitrogens is 4. The highest BCUT2D eigenvalue weighted by Gasteiger charge is 2.06. The van der Waals surface area contributed by atoms with Crippen molar-refractivity contribution in [3.63, 3.8) is 0 Å². The van der Waals surface area contributed by atoms with Crippen LogP contribution in [0.4, 0.5) is 0 Å². The summed E-state index contributed by atoms with van der Waals surface area (Å²) in [7, 11) is 0. The number of H-pyrrole nitrogens is 1. The Morgan fingerprint density at radius 1 is 1.44 bits per heavy atom. The molecule has 0 spiro atoms. The minimum Gasteiger partial charge on any atom is -0.387 e. The lowest BCUT2D eigenvalue weighted by atomic mass is 10.2. The number of aromatic amines is 1. The molecule has 2 aromatic heterocycles. The lowest BCUT2D eigenvalue weighted by Gasteiger charge is -2.06. The highest BCUT2D eigenvalue weighted by molar-refractivity contribution is 7.99. The summed E-state index contributed by atoms with van der Waals surface area (Å²) in [4.78, 5) is 9.16. The van der Waals surface area contributed by atoms with E-state index in [9.17, 15) is 5.11 Å². The molecule has 0 bridgehead atoms. The van der Waals surface area contributed by atoms with Crippen molar-refractivity contribution in [2.24, 2.45) is 0 Å². The Morgan fingerprint density at radius 3 is 2.88 bits per heavy atom. The van der Waals surface area contributed by atoms with Gasteiger partial charge in [0.1, 0.15) is 6.33 Å². The van der Waals surface area contributed by atoms with Crippen LogP contribution in [0.2, 0.25) is 0 Å². The van der Waals surface area contributed by atoms with Crippen molar-refractivity contribution in [3.8, 4) is 0 Å². The maximum absolute atomic E-state index is 9.58. The summed E-state index contributed by atoms with van der Waals surface area (Å²) in [6.45, 7) is 1.92. The summed E-state index contributed by atoms with van der Waals surface area (Å²) < 4.78 is 0. The fourth-order valence-corrected chi connectivity index (χ4v) is 1.88. The number of nitrogens with zero attached hydrogens (tertiary/aromatic N) is 3. The van der Waals surface area contributed by atoms with Crippen molar-refractivity contribution in [1.82, 2.24) is 20.2 Å². The molecule has 0 amide bonds. The average Bonchev–Trinajstić information content (AvgIpc) is 2.82. The largest absolute Gasteiger partial charge is 0.387 e. The molecule has 0 saturated heterocycles. The predicted octanol–water partition coefficient (Wildman–Crippen LogP) is 1.79. The first kappa shape index (κ1) is 11.1. The fraction of sp³-hybridized carbons (Fsp3) is 0.300. The van der Waals surface area contributed by atoms with E-state index in [1.807, 2.05) is 19.1 Å². The lowest BCUT2D eigenvalue weighted by Crippen LogP contribution is -1.97. The summed E-state index contributed by atoms with van der Waals surface area (Å²) in [5.41, 5.74) is 0.699. The Morgan fingerprint density at radius 2 is 2.31 bits per heavy atom. The van der Waals surface area contributed by atoms with E-state index in [0.29, 0.717) is 12.1 Å². The summed E-state index contributed by atoms with van der Waals surface area (Å²) in [5.74, 6) is 0. The zero-order valence-corrected chi connectivity index (χ0v) is 9.61. The molecular weight excluding hydrogens is 224 g/mol. The minimum atomic E-state index is -0.482. The molecule has 5 nitrogen and oxygen atoms in total. The fourth-order valence-electron chi connectivity index (χ4n) is 1.21. The second kappa shape index (κ2) is 5.09. The Bertz CT molecular complexity index is 429. The van der Waals surface area contributed by atoms with Crippen LogP contribution in [0, 0.1) is 0 Å². The van der Waals surface area contributed by atoms with Gasteiger partial charge < -0.3 is 5.11 Å². The van der Waals surface area contributed by atoms with E-state index in [4.69, 9.17) is 0 Å². The summed E-state index contributed by atoms with van der Waals surface area (Å²) in [6.07, 6.45) is 3.37. The second-order valence-electron chi connectivity index (χ2n) is 3.24. The van der Waals surface area contributed by atoms with E-state index >= 15 is 0 Å². The van der Waals surface area contributed by atoms with E-state index in [2.05, 4.69) is 20.2 Å². The third kappa shape index (κ3) is 2.59.